The Labute approximate surface area is 162 Å². The van der Waals surface area contributed by atoms with Crippen molar-refractivity contribution < 1.29 is 9.79 Å². The first-order valence-corrected chi connectivity index (χ1v) is 9.81. The number of para-hydroxylation sites is 1. The minimum Gasteiger partial charge on any atom is -0.271 e. The minimum absolute atomic E-state index is 0.0451. The Balaban J connectivity index is 1.50. The number of aromatic nitrogens is 1. The number of hydrazone groups is 1. The van der Waals surface area contributed by atoms with E-state index in [9.17, 15) is 4.79 Å². The average Bonchev–Trinajstić information content (AvgIpc) is 3.23. The third-order valence-electron chi connectivity index (χ3n) is 4.69. The highest BCUT2D eigenvalue weighted by atomic mass is 32.1. The molecule has 5 nitrogen and oxygen atoms in total. The van der Waals surface area contributed by atoms with Gasteiger partial charge in [-0.25, -0.2) is 9.98 Å². The Hall–Kier alpha value is -2.86. The second-order valence-electron chi connectivity index (χ2n) is 6.63. The SMILES string of the molecule is CC1=NN(c2nc3ccccc3s2)C(=O)[C@H]1C(C)=[NH+]CCc1ccccc1. The van der Waals surface area contributed by atoms with Crippen molar-refractivity contribution in [2.24, 2.45) is 11.0 Å². The second-order valence-corrected chi connectivity index (χ2v) is 7.64. The molecule has 1 atom stereocenters. The number of nitrogens with zero attached hydrogens (tertiary/aromatic N) is 3. The zero-order valence-corrected chi connectivity index (χ0v) is 16.2. The van der Waals surface area contributed by atoms with Crippen LogP contribution in [0.2, 0.25) is 0 Å². The standard InChI is InChI=1S/C21H20N4OS/c1-14(22-13-12-16-8-4-3-5-9-16)19-15(2)24-25(20(19)26)21-23-17-10-6-7-11-18(17)27-21/h3-11,19H,12-13H2,1-2H3/p+1/t19-/m0/s1. The molecule has 0 saturated heterocycles. The van der Waals surface area contributed by atoms with E-state index in [-0.39, 0.29) is 11.8 Å². The van der Waals surface area contributed by atoms with Gasteiger partial charge in [-0.15, -0.1) is 0 Å². The summed E-state index contributed by atoms with van der Waals surface area (Å²) in [5.74, 6) is -0.385. The number of carbonyl (C=O) groups excluding carboxylic acids is 1. The van der Waals surface area contributed by atoms with Crippen molar-refractivity contribution in [2.75, 3.05) is 11.6 Å². The molecule has 1 aliphatic rings. The molecule has 6 heteroatoms. The maximum atomic E-state index is 13.0. The molecule has 0 bridgehead atoms. The van der Waals surface area contributed by atoms with Gasteiger partial charge in [-0.3, -0.25) is 4.79 Å². The van der Waals surface area contributed by atoms with Crippen molar-refractivity contribution in [2.45, 2.75) is 20.3 Å². The van der Waals surface area contributed by atoms with Crippen LogP contribution in [0, 0.1) is 5.92 Å². The third-order valence-corrected chi connectivity index (χ3v) is 5.70. The van der Waals surface area contributed by atoms with E-state index in [2.05, 4.69) is 27.2 Å². The lowest BCUT2D eigenvalue weighted by Gasteiger charge is -2.09. The van der Waals surface area contributed by atoms with E-state index in [0.29, 0.717) is 5.13 Å². The van der Waals surface area contributed by atoms with Gasteiger partial charge in [0.1, 0.15) is 6.54 Å². The maximum absolute atomic E-state index is 13.0. The fourth-order valence-electron chi connectivity index (χ4n) is 3.30. The van der Waals surface area contributed by atoms with Crippen LogP contribution in [-0.2, 0) is 11.2 Å². The lowest BCUT2D eigenvalue weighted by atomic mass is 9.99. The lowest BCUT2D eigenvalue weighted by molar-refractivity contribution is -0.458. The zero-order valence-electron chi connectivity index (χ0n) is 15.3. The topological polar surface area (TPSA) is 59.5 Å². The van der Waals surface area contributed by atoms with Crippen molar-refractivity contribution in [1.82, 2.24) is 4.98 Å². The van der Waals surface area contributed by atoms with Crippen molar-refractivity contribution in [3.05, 3.63) is 60.2 Å². The Morgan fingerprint density at radius 2 is 1.89 bits per heavy atom. The maximum Gasteiger partial charge on any atom is 0.268 e. The van der Waals surface area contributed by atoms with Gasteiger partial charge in [-0.2, -0.15) is 10.1 Å². The van der Waals surface area contributed by atoms with Gasteiger partial charge < -0.3 is 0 Å². The van der Waals surface area contributed by atoms with Gasteiger partial charge in [0, 0.05) is 13.3 Å². The third kappa shape index (κ3) is 3.53. The van der Waals surface area contributed by atoms with E-state index in [1.165, 1.54) is 21.9 Å². The highest BCUT2D eigenvalue weighted by Gasteiger charge is 2.40. The number of nitrogens with one attached hydrogen (secondary N) is 1. The molecule has 0 fully saturated rings. The smallest absolute Gasteiger partial charge is 0.268 e. The van der Waals surface area contributed by atoms with Gasteiger partial charge in [0.05, 0.1) is 15.9 Å². The molecule has 0 spiro atoms. The molecule has 27 heavy (non-hydrogen) atoms. The van der Waals surface area contributed by atoms with E-state index < -0.39 is 0 Å². The number of thiazole rings is 1. The number of amides is 1. The van der Waals surface area contributed by atoms with Crippen molar-refractivity contribution in [1.29, 1.82) is 0 Å². The molecular formula is C21H21N4OS+. The zero-order chi connectivity index (χ0) is 18.8. The van der Waals surface area contributed by atoms with Gasteiger partial charge in [0.15, 0.2) is 11.6 Å². The summed E-state index contributed by atoms with van der Waals surface area (Å²) in [6, 6.07) is 18.2. The number of anilines is 1. The highest BCUT2D eigenvalue weighted by Crippen LogP contribution is 2.32. The average molecular weight is 377 g/mol. The van der Waals surface area contributed by atoms with E-state index >= 15 is 0 Å². The summed E-state index contributed by atoms with van der Waals surface area (Å²) in [5, 5.41) is 6.57. The molecule has 2 aromatic carbocycles. The van der Waals surface area contributed by atoms with E-state index in [4.69, 9.17) is 0 Å². The molecule has 1 amide bonds. The number of hydrogen-bond acceptors (Lipinski definition) is 4. The monoisotopic (exact) mass is 377 g/mol. The molecule has 1 aliphatic heterocycles. The predicted octanol–water partition coefficient (Wildman–Crippen LogP) is 2.42. The van der Waals surface area contributed by atoms with E-state index in [1.807, 2.05) is 56.3 Å². The van der Waals surface area contributed by atoms with Crippen molar-refractivity contribution in [3.63, 3.8) is 0 Å². The van der Waals surface area contributed by atoms with Gasteiger partial charge >= 0.3 is 0 Å². The Kier molecular flexibility index (Phi) is 4.81. The van der Waals surface area contributed by atoms with Crippen LogP contribution in [0.5, 0.6) is 0 Å². The number of fused-ring (bicyclic) bond motifs is 1. The molecule has 0 radical (unpaired) electrons. The fourth-order valence-corrected chi connectivity index (χ4v) is 4.23. The molecule has 0 unspecified atom stereocenters. The van der Waals surface area contributed by atoms with Crippen LogP contribution in [0.1, 0.15) is 19.4 Å². The normalized spacial score (nSPS) is 17.6. The second kappa shape index (κ2) is 7.40. The first kappa shape index (κ1) is 17.5. The van der Waals surface area contributed by atoms with Gasteiger partial charge in [-0.05, 0) is 24.6 Å². The molecule has 0 aliphatic carbocycles. The molecule has 4 rings (SSSR count). The van der Waals surface area contributed by atoms with Gasteiger partial charge in [-0.1, -0.05) is 53.8 Å². The summed E-state index contributed by atoms with van der Waals surface area (Å²) in [7, 11) is 0. The van der Waals surface area contributed by atoms with Crippen LogP contribution in [0.15, 0.2) is 59.7 Å². The molecular weight excluding hydrogens is 356 g/mol. The highest BCUT2D eigenvalue weighted by molar-refractivity contribution is 7.22. The molecule has 0 saturated carbocycles. The van der Waals surface area contributed by atoms with Crippen LogP contribution < -0.4 is 10.0 Å². The Bertz CT molecular complexity index is 1010. The number of carbonyl (C=O) groups is 1. The molecule has 2 heterocycles. The lowest BCUT2D eigenvalue weighted by Crippen LogP contribution is -2.75. The predicted molar refractivity (Wildman–Crippen MR) is 110 cm³/mol. The van der Waals surface area contributed by atoms with Crippen LogP contribution in [-0.4, -0.2) is 28.9 Å². The summed E-state index contributed by atoms with van der Waals surface area (Å²) in [5.41, 5.74) is 3.89. The molecule has 3 aromatic rings. The van der Waals surface area contributed by atoms with Crippen LogP contribution in [0.4, 0.5) is 5.13 Å². The number of benzene rings is 2. The Morgan fingerprint density at radius 1 is 1.15 bits per heavy atom. The molecule has 1 N–H and O–H groups in total. The molecule has 1 aromatic heterocycles. The van der Waals surface area contributed by atoms with Crippen LogP contribution >= 0.6 is 11.3 Å². The largest absolute Gasteiger partial charge is 0.271 e. The summed E-state index contributed by atoms with van der Waals surface area (Å²) < 4.78 is 1.05. The van der Waals surface area contributed by atoms with E-state index in [1.54, 1.807) is 0 Å². The van der Waals surface area contributed by atoms with E-state index in [0.717, 1.165) is 34.6 Å². The first-order chi connectivity index (χ1) is 13.1. The Morgan fingerprint density at radius 3 is 2.67 bits per heavy atom. The van der Waals surface area contributed by atoms with Gasteiger partial charge in [0.2, 0.25) is 5.13 Å². The van der Waals surface area contributed by atoms with Gasteiger partial charge in [0.25, 0.3) is 5.91 Å². The number of hydrogen-bond donors (Lipinski definition) is 1. The molecule has 136 valence electrons. The first-order valence-electron chi connectivity index (χ1n) is 8.99. The summed E-state index contributed by atoms with van der Waals surface area (Å²) in [6.07, 6.45) is 0.914. The summed E-state index contributed by atoms with van der Waals surface area (Å²) in [4.78, 5) is 21.0. The van der Waals surface area contributed by atoms with Crippen LogP contribution in [0.3, 0.4) is 0 Å². The fraction of sp³-hybridized carbons (Fsp3) is 0.238. The number of rotatable bonds is 5. The minimum atomic E-state index is -0.340. The van der Waals surface area contributed by atoms with Crippen molar-refractivity contribution in [3.8, 4) is 0 Å². The van der Waals surface area contributed by atoms with Crippen molar-refractivity contribution >= 4 is 44.0 Å². The summed E-state index contributed by atoms with van der Waals surface area (Å²) in [6.45, 7) is 4.65. The summed E-state index contributed by atoms with van der Waals surface area (Å²) >= 11 is 1.49. The van der Waals surface area contributed by atoms with Crippen LogP contribution in [0.25, 0.3) is 10.2 Å². The quantitative estimate of drug-likeness (QED) is 0.694.